The van der Waals surface area contributed by atoms with Crippen molar-refractivity contribution in [3.05, 3.63) is 27.7 Å². The van der Waals surface area contributed by atoms with Gasteiger partial charge in [-0.15, -0.1) is 0 Å². The van der Waals surface area contributed by atoms with Gasteiger partial charge in [0.05, 0.1) is 13.2 Å². The molecule has 1 fully saturated rings. The third-order valence-corrected chi connectivity index (χ3v) is 5.65. The predicted octanol–water partition coefficient (Wildman–Crippen LogP) is 5.41. The highest BCUT2D eigenvalue weighted by Gasteiger charge is 2.42. The van der Waals surface area contributed by atoms with Crippen molar-refractivity contribution in [2.45, 2.75) is 59.0 Å². The van der Waals surface area contributed by atoms with E-state index < -0.39 is 6.10 Å². The van der Waals surface area contributed by atoms with Crippen molar-refractivity contribution >= 4 is 15.9 Å². The summed E-state index contributed by atoms with van der Waals surface area (Å²) in [7, 11) is 1.68. The lowest BCUT2D eigenvalue weighted by atomic mass is 9.71. The van der Waals surface area contributed by atoms with Crippen LogP contribution in [-0.2, 0) is 0 Å². The Hall–Kier alpha value is -0.540. The van der Waals surface area contributed by atoms with E-state index in [1.807, 2.05) is 19.1 Å². The standard InChI is InChI=1S/C18H27BrO2/c1-12(2)11-18(7-5-6-8-18)17(20)14-10-15(19)13(3)9-16(14)21-4/h9-10,12,17,20H,5-8,11H2,1-4H3. The number of halogens is 1. The molecule has 2 nitrogen and oxygen atoms in total. The van der Waals surface area contributed by atoms with Crippen LogP contribution < -0.4 is 4.74 Å². The Kier molecular flexibility index (Phi) is 5.37. The normalized spacial score (nSPS) is 19.0. The highest BCUT2D eigenvalue weighted by atomic mass is 79.9. The van der Waals surface area contributed by atoms with Crippen LogP contribution in [0.1, 0.15) is 63.2 Å². The first-order valence-electron chi connectivity index (χ1n) is 7.92. The van der Waals surface area contributed by atoms with E-state index in [1.54, 1.807) is 7.11 Å². The largest absolute Gasteiger partial charge is 0.496 e. The van der Waals surface area contributed by atoms with E-state index in [0.29, 0.717) is 5.92 Å². The van der Waals surface area contributed by atoms with Gasteiger partial charge in [-0.25, -0.2) is 0 Å². The summed E-state index contributed by atoms with van der Waals surface area (Å²) in [5.41, 5.74) is 2.07. The van der Waals surface area contributed by atoms with Gasteiger partial charge in [-0.2, -0.15) is 0 Å². The summed E-state index contributed by atoms with van der Waals surface area (Å²) in [5, 5.41) is 11.1. The first-order valence-corrected chi connectivity index (χ1v) is 8.71. The van der Waals surface area contributed by atoms with E-state index in [-0.39, 0.29) is 5.41 Å². The Morgan fingerprint density at radius 3 is 2.43 bits per heavy atom. The minimum atomic E-state index is -0.450. The summed E-state index contributed by atoms with van der Waals surface area (Å²) in [4.78, 5) is 0. The van der Waals surface area contributed by atoms with Gasteiger partial charge >= 0.3 is 0 Å². The number of aliphatic hydroxyl groups excluding tert-OH is 1. The Morgan fingerprint density at radius 2 is 1.90 bits per heavy atom. The quantitative estimate of drug-likeness (QED) is 0.766. The number of aryl methyl sites for hydroxylation is 1. The minimum absolute atomic E-state index is 0.0101. The number of aliphatic hydroxyl groups is 1. The molecule has 1 saturated carbocycles. The molecule has 0 radical (unpaired) electrons. The van der Waals surface area contributed by atoms with Crippen LogP contribution in [0.2, 0.25) is 0 Å². The average Bonchev–Trinajstić information content (AvgIpc) is 2.89. The topological polar surface area (TPSA) is 29.5 Å². The highest BCUT2D eigenvalue weighted by molar-refractivity contribution is 9.10. The van der Waals surface area contributed by atoms with Crippen LogP contribution in [0.3, 0.4) is 0 Å². The fourth-order valence-electron chi connectivity index (χ4n) is 3.87. The van der Waals surface area contributed by atoms with Crippen molar-refractivity contribution in [1.29, 1.82) is 0 Å². The maximum atomic E-state index is 11.1. The molecule has 0 aliphatic heterocycles. The molecule has 1 aromatic carbocycles. The van der Waals surface area contributed by atoms with Crippen LogP contribution in [0.4, 0.5) is 0 Å². The molecule has 0 bridgehead atoms. The molecule has 118 valence electrons. The molecule has 1 aromatic rings. The molecule has 1 N–H and O–H groups in total. The Morgan fingerprint density at radius 1 is 1.29 bits per heavy atom. The second-order valence-electron chi connectivity index (χ2n) is 6.91. The van der Waals surface area contributed by atoms with Crippen LogP contribution in [0.15, 0.2) is 16.6 Å². The van der Waals surface area contributed by atoms with Crippen molar-refractivity contribution in [2.24, 2.45) is 11.3 Å². The molecule has 0 saturated heterocycles. The molecule has 1 atom stereocenters. The smallest absolute Gasteiger partial charge is 0.125 e. The first kappa shape index (κ1) is 16.8. The van der Waals surface area contributed by atoms with Gasteiger partial charge in [0.15, 0.2) is 0 Å². The summed E-state index contributed by atoms with van der Waals surface area (Å²) in [6, 6.07) is 4.06. The molecule has 0 amide bonds. The van der Waals surface area contributed by atoms with Gasteiger partial charge in [0, 0.05) is 15.5 Å². The Balaban J connectivity index is 2.41. The zero-order valence-corrected chi connectivity index (χ0v) is 15.2. The zero-order valence-electron chi connectivity index (χ0n) is 13.6. The van der Waals surface area contributed by atoms with Gasteiger partial charge in [0.1, 0.15) is 5.75 Å². The Labute approximate surface area is 137 Å². The molecule has 0 aromatic heterocycles. The lowest BCUT2D eigenvalue weighted by molar-refractivity contribution is 0.00958. The number of hydrogen-bond acceptors (Lipinski definition) is 2. The van der Waals surface area contributed by atoms with E-state index in [2.05, 4.69) is 29.8 Å². The monoisotopic (exact) mass is 354 g/mol. The lowest BCUT2D eigenvalue weighted by Crippen LogP contribution is -2.28. The van der Waals surface area contributed by atoms with Crippen LogP contribution in [-0.4, -0.2) is 12.2 Å². The number of ether oxygens (including phenoxy) is 1. The van der Waals surface area contributed by atoms with Gasteiger partial charge in [-0.05, 0) is 49.8 Å². The molecule has 0 heterocycles. The number of benzene rings is 1. The van der Waals surface area contributed by atoms with Crippen molar-refractivity contribution in [3.8, 4) is 5.75 Å². The highest BCUT2D eigenvalue weighted by Crippen LogP contribution is 2.53. The van der Waals surface area contributed by atoms with Gasteiger partial charge < -0.3 is 9.84 Å². The molecule has 1 aliphatic rings. The minimum Gasteiger partial charge on any atom is -0.496 e. The molecule has 0 spiro atoms. The summed E-state index contributed by atoms with van der Waals surface area (Å²) in [6.45, 7) is 6.53. The number of methoxy groups -OCH3 is 1. The van der Waals surface area contributed by atoms with Crippen LogP contribution >= 0.6 is 15.9 Å². The molecule has 3 heteroatoms. The SMILES string of the molecule is COc1cc(C)c(Br)cc1C(O)C1(CC(C)C)CCCC1. The summed E-state index contributed by atoms with van der Waals surface area (Å²) in [5.74, 6) is 1.40. The summed E-state index contributed by atoms with van der Waals surface area (Å²) in [6.07, 6.45) is 5.29. The second-order valence-corrected chi connectivity index (χ2v) is 7.77. The summed E-state index contributed by atoms with van der Waals surface area (Å²) >= 11 is 3.59. The van der Waals surface area contributed by atoms with E-state index >= 15 is 0 Å². The van der Waals surface area contributed by atoms with Gasteiger partial charge in [-0.3, -0.25) is 0 Å². The van der Waals surface area contributed by atoms with Crippen molar-refractivity contribution < 1.29 is 9.84 Å². The fourth-order valence-corrected chi connectivity index (χ4v) is 4.23. The van der Waals surface area contributed by atoms with Gasteiger partial charge in [0.2, 0.25) is 0 Å². The van der Waals surface area contributed by atoms with Crippen LogP contribution in [0, 0.1) is 18.3 Å². The van der Waals surface area contributed by atoms with Crippen LogP contribution in [0.5, 0.6) is 5.75 Å². The average molecular weight is 355 g/mol. The van der Waals surface area contributed by atoms with Crippen molar-refractivity contribution in [2.75, 3.05) is 7.11 Å². The summed E-state index contributed by atoms with van der Waals surface area (Å²) < 4.78 is 6.57. The second kappa shape index (κ2) is 6.70. The maximum Gasteiger partial charge on any atom is 0.125 e. The third kappa shape index (κ3) is 3.45. The number of hydrogen-bond donors (Lipinski definition) is 1. The van der Waals surface area contributed by atoms with Gasteiger partial charge in [-0.1, -0.05) is 42.6 Å². The fraction of sp³-hybridized carbons (Fsp3) is 0.667. The molecule has 2 rings (SSSR count). The van der Waals surface area contributed by atoms with E-state index in [4.69, 9.17) is 4.74 Å². The lowest BCUT2D eigenvalue weighted by Gasteiger charge is -2.37. The maximum absolute atomic E-state index is 11.1. The predicted molar refractivity (Wildman–Crippen MR) is 90.7 cm³/mol. The molecular formula is C18H27BrO2. The van der Waals surface area contributed by atoms with Gasteiger partial charge in [0.25, 0.3) is 0 Å². The molecule has 1 aliphatic carbocycles. The van der Waals surface area contributed by atoms with Crippen molar-refractivity contribution in [3.63, 3.8) is 0 Å². The molecule has 1 unspecified atom stereocenters. The first-order chi connectivity index (χ1) is 9.89. The number of rotatable bonds is 5. The van der Waals surface area contributed by atoms with Crippen LogP contribution in [0.25, 0.3) is 0 Å². The van der Waals surface area contributed by atoms with Crippen molar-refractivity contribution in [1.82, 2.24) is 0 Å². The third-order valence-electron chi connectivity index (χ3n) is 4.80. The molecular weight excluding hydrogens is 328 g/mol. The van der Waals surface area contributed by atoms with E-state index in [0.717, 1.165) is 40.6 Å². The zero-order chi connectivity index (χ0) is 15.6. The van der Waals surface area contributed by atoms with E-state index in [1.165, 1.54) is 12.8 Å². The molecule has 21 heavy (non-hydrogen) atoms. The van der Waals surface area contributed by atoms with E-state index in [9.17, 15) is 5.11 Å². The Bertz CT molecular complexity index is 490.